The molecule has 0 fully saturated rings. The van der Waals surface area contributed by atoms with Gasteiger partial charge in [0.1, 0.15) is 0 Å². The number of nitrogens with two attached hydrogens (primary N) is 1. The molecule has 0 aromatic heterocycles. The van der Waals surface area contributed by atoms with Gasteiger partial charge in [-0.15, -0.1) is 0 Å². The van der Waals surface area contributed by atoms with Crippen molar-refractivity contribution in [2.45, 2.75) is 27.7 Å². The highest BCUT2D eigenvalue weighted by Crippen LogP contribution is 2.24. The Labute approximate surface area is 103 Å². The molecular formula is C14H22N2O. The van der Waals surface area contributed by atoms with Crippen molar-refractivity contribution in [1.82, 2.24) is 5.32 Å². The van der Waals surface area contributed by atoms with Crippen LogP contribution >= 0.6 is 0 Å². The van der Waals surface area contributed by atoms with Crippen LogP contribution < -0.4 is 11.1 Å². The number of benzene rings is 1. The predicted molar refractivity (Wildman–Crippen MR) is 71.8 cm³/mol. The molecule has 3 N–H and O–H groups in total. The minimum absolute atomic E-state index is 0.0406. The van der Waals surface area contributed by atoms with E-state index in [0.717, 1.165) is 0 Å². The molecule has 0 saturated heterocycles. The fourth-order valence-electron chi connectivity index (χ4n) is 1.29. The minimum Gasteiger partial charge on any atom is -0.399 e. The van der Waals surface area contributed by atoms with E-state index >= 15 is 0 Å². The SMILES string of the molecule is CC(CNC(=O)c1ccc(N)cc1)C(C)(C)C. The summed E-state index contributed by atoms with van der Waals surface area (Å²) < 4.78 is 0. The molecule has 1 aromatic carbocycles. The van der Waals surface area contributed by atoms with E-state index in [1.165, 1.54) is 0 Å². The summed E-state index contributed by atoms with van der Waals surface area (Å²) in [5, 5.41) is 2.94. The quantitative estimate of drug-likeness (QED) is 0.790. The first-order chi connectivity index (χ1) is 7.80. The maximum absolute atomic E-state index is 11.8. The molecule has 3 nitrogen and oxygen atoms in total. The highest BCUT2D eigenvalue weighted by atomic mass is 16.1. The lowest BCUT2D eigenvalue weighted by Gasteiger charge is -2.27. The zero-order valence-electron chi connectivity index (χ0n) is 11.1. The molecule has 1 amide bonds. The van der Waals surface area contributed by atoms with Gasteiger partial charge in [0.05, 0.1) is 0 Å². The third-order valence-electron chi connectivity index (χ3n) is 3.22. The lowest BCUT2D eigenvalue weighted by molar-refractivity contribution is 0.0937. The zero-order valence-corrected chi connectivity index (χ0v) is 11.1. The number of anilines is 1. The monoisotopic (exact) mass is 234 g/mol. The van der Waals surface area contributed by atoms with Gasteiger partial charge in [-0.2, -0.15) is 0 Å². The van der Waals surface area contributed by atoms with Crippen molar-refractivity contribution in [1.29, 1.82) is 0 Å². The van der Waals surface area contributed by atoms with Crippen molar-refractivity contribution in [2.75, 3.05) is 12.3 Å². The fourth-order valence-corrected chi connectivity index (χ4v) is 1.29. The van der Waals surface area contributed by atoms with Gasteiger partial charge in [0.2, 0.25) is 0 Å². The van der Waals surface area contributed by atoms with Gasteiger partial charge >= 0.3 is 0 Å². The van der Waals surface area contributed by atoms with Gasteiger partial charge in [-0.05, 0) is 35.6 Å². The highest BCUT2D eigenvalue weighted by Gasteiger charge is 2.20. The summed E-state index contributed by atoms with van der Waals surface area (Å²) in [6.07, 6.45) is 0. The number of hydrogen-bond donors (Lipinski definition) is 2. The average Bonchev–Trinajstić information content (AvgIpc) is 2.25. The number of rotatable bonds is 3. The van der Waals surface area contributed by atoms with Gasteiger partial charge in [-0.1, -0.05) is 27.7 Å². The molecule has 1 atom stereocenters. The fraction of sp³-hybridized carbons (Fsp3) is 0.500. The first-order valence-electron chi connectivity index (χ1n) is 5.94. The molecule has 3 heteroatoms. The summed E-state index contributed by atoms with van der Waals surface area (Å²) in [7, 11) is 0. The van der Waals surface area contributed by atoms with Gasteiger partial charge in [-0.25, -0.2) is 0 Å². The van der Waals surface area contributed by atoms with Crippen LogP contribution in [0.2, 0.25) is 0 Å². The second-order valence-corrected chi connectivity index (χ2v) is 5.60. The largest absolute Gasteiger partial charge is 0.399 e. The molecule has 94 valence electrons. The second kappa shape index (κ2) is 5.21. The van der Waals surface area contributed by atoms with Crippen molar-refractivity contribution in [3.05, 3.63) is 29.8 Å². The van der Waals surface area contributed by atoms with Crippen LogP contribution in [0.4, 0.5) is 5.69 Å². The smallest absolute Gasteiger partial charge is 0.251 e. The first kappa shape index (κ1) is 13.6. The number of carbonyl (C=O) groups excluding carboxylic acids is 1. The van der Waals surface area contributed by atoms with Crippen molar-refractivity contribution in [2.24, 2.45) is 11.3 Å². The van der Waals surface area contributed by atoms with Gasteiger partial charge < -0.3 is 11.1 Å². The van der Waals surface area contributed by atoms with Gasteiger partial charge in [-0.3, -0.25) is 4.79 Å². The van der Waals surface area contributed by atoms with Crippen molar-refractivity contribution in [3.8, 4) is 0 Å². The van der Waals surface area contributed by atoms with E-state index in [1.54, 1.807) is 24.3 Å². The van der Waals surface area contributed by atoms with E-state index in [4.69, 9.17) is 5.73 Å². The Morgan fingerprint density at radius 2 is 1.82 bits per heavy atom. The molecule has 1 aromatic rings. The molecular weight excluding hydrogens is 212 g/mol. The molecule has 0 aliphatic heterocycles. The normalized spacial score (nSPS) is 13.2. The first-order valence-corrected chi connectivity index (χ1v) is 5.94. The lowest BCUT2D eigenvalue weighted by Crippen LogP contribution is -2.33. The maximum Gasteiger partial charge on any atom is 0.251 e. The Kier molecular flexibility index (Phi) is 4.16. The summed E-state index contributed by atoms with van der Waals surface area (Å²) in [5.41, 5.74) is 7.10. The number of carbonyl (C=O) groups is 1. The van der Waals surface area contributed by atoms with Crippen molar-refractivity contribution < 1.29 is 4.79 Å². The molecule has 0 bridgehead atoms. The Hall–Kier alpha value is -1.51. The van der Waals surface area contributed by atoms with Gasteiger partial charge in [0.15, 0.2) is 0 Å². The van der Waals surface area contributed by atoms with Crippen LogP contribution in [-0.4, -0.2) is 12.5 Å². The summed E-state index contributed by atoms with van der Waals surface area (Å²) in [6.45, 7) is 9.35. The Bertz CT molecular complexity index is 376. The summed E-state index contributed by atoms with van der Waals surface area (Å²) in [5.74, 6) is 0.390. The number of hydrogen-bond acceptors (Lipinski definition) is 2. The summed E-state index contributed by atoms with van der Waals surface area (Å²) in [4.78, 5) is 11.8. The van der Waals surface area contributed by atoms with Crippen LogP contribution in [-0.2, 0) is 0 Å². The Morgan fingerprint density at radius 3 is 2.29 bits per heavy atom. The minimum atomic E-state index is -0.0406. The molecule has 0 aliphatic carbocycles. The van der Waals surface area contributed by atoms with E-state index < -0.39 is 0 Å². The predicted octanol–water partition coefficient (Wildman–Crippen LogP) is 2.68. The molecule has 17 heavy (non-hydrogen) atoms. The van der Waals surface area contributed by atoms with E-state index in [-0.39, 0.29) is 11.3 Å². The lowest BCUT2D eigenvalue weighted by atomic mass is 9.82. The van der Waals surface area contributed by atoms with Crippen molar-refractivity contribution >= 4 is 11.6 Å². The van der Waals surface area contributed by atoms with Crippen LogP contribution in [0.15, 0.2) is 24.3 Å². The van der Waals surface area contributed by atoms with Crippen LogP contribution in [0.25, 0.3) is 0 Å². The second-order valence-electron chi connectivity index (χ2n) is 5.60. The topological polar surface area (TPSA) is 55.1 Å². The van der Waals surface area contributed by atoms with Crippen LogP contribution in [0.3, 0.4) is 0 Å². The third kappa shape index (κ3) is 4.10. The number of nitrogens with one attached hydrogen (secondary N) is 1. The molecule has 1 unspecified atom stereocenters. The molecule has 0 saturated carbocycles. The van der Waals surface area contributed by atoms with Crippen LogP contribution in [0, 0.1) is 11.3 Å². The van der Waals surface area contributed by atoms with E-state index in [0.29, 0.717) is 23.7 Å². The van der Waals surface area contributed by atoms with E-state index in [2.05, 4.69) is 33.0 Å². The van der Waals surface area contributed by atoms with Gasteiger partial charge in [0.25, 0.3) is 5.91 Å². The maximum atomic E-state index is 11.8. The number of nitrogen functional groups attached to an aromatic ring is 1. The molecule has 0 spiro atoms. The summed E-state index contributed by atoms with van der Waals surface area (Å²) in [6, 6.07) is 6.96. The standard InChI is InChI=1S/C14H22N2O/c1-10(14(2,3)4)9-16-13(17)11-5-7-12(15)8-6-11/h5-8,10H,9,15H2,1-4H3,(H,16,17). The molecule has 0 aliphatic rings. The Balaban J connectivity index is 2.53. The highest BCUT2D eigenvalue weighted by molar-refractivity contribution is 5.94. The zero-order chi connectivity index (χ0) is 13.1. The summed E-state index contributed by atoms with van der Waals surface area (Å²) >= 11 is 0. The molecule has 1 rings (SSSR count). The third-order valence-corrected chi connectivity index (χ3v) is 3.22. The average molecular weight is 234 g/mol. The molecule has 0 heterocycles. The van der Waals surface area contributed by atoms with Crippen LogP contribution in [0.5, 0.6) is 0 Å². The Morgan fingerprint density at radius 1 is 1.29 bits per heavy atom. The van der Waals surface area contributed by atoms with E-state index in [1.807, 2.05) is 0 Å². The van der Waals surface area contributed by atoms with Crippen LogP contribution in [0.1, 0.15) is 38.1 Å². The van der Waals surface area contributed by atoms with E-state index in [9.17, 15) is 4.79 Å². The number of amides is 1. The molecule has 0 radical (unpaired) electrons. The van der Waals surface area contributed by atoms with Crippen molar-refractivity contribution in [3.63, 3.8) is 0 Å². The van der Waals surface area contributed by atoms with Gasteiger partial charge in [0, 0.05) is 17.8 Å².